The number of aryl methyl sites for hydroxylation is 2. The van der Waals surface area contributed by atoms with Gasteiger partial charge in [0.15, 0.2) is 4.91 Å². The number of allylic oxidation sites excluding steroid dienone is 1. The minimum Gasteiger partial charge on any atom is -0.494 e. The molecule has 3 aromatic rings. The van der Waals surface area contributed by atoms with Gasteiger partial charge in [0.25, 0.3) is 0 Å². The highest BCUT2D eigenvalue weighted by Gasteiger charge is 2.43. The van der Waals surface area contributed by atoms with Crippen molar-refractivity contribution in [2.24, 2.45) is 5.41 Å². The number of hydrogen-bond donors (Lipinski definition) is 1. The fraction of sp³-hybridized carbons (Fsp3) is 0.250. The molecule has 4 rings (SSSR count). The Kier molecular flexibility index (Phi) is 8.54. The molecule has 0 saturated heterocycles. The van der Waals surface area contributed by atoms with Gasteiger partial charge in [-0.1, -0.05) is 89.5 Å². The lowest BCUT2D eigenvalue weighted by molar-refractivity contribution is -0.366. The summed E-state index contributed by atoms with van der Waals surface area (Å²) in [6.07, 6.45) is 0.854. The predicted octanol–water partition coefficient (Wildman–Crippen LogP) is 8.61. The van der Waals surface area contributed by atoms with Gasteiger partial charge in [-0.25, -0.2) is 4.79 Å². The van der Waals surface area contributed by atoms with Crippen LogP contribution in [-0.2, 0) is 4.79 Å². The van der Waals surface area contributed by atoms with Crippen LogP contribution in [0.3, 0.4) is 0 Å². The van der Waals surface area contributed by atoms with Crippen molar-refractivity contribution in [2.75, 3.05) is 6.61 Å². The third-order valence-electron chi connectivity index (χ3n) is 6.75. The molecule has 0 saturated carbocycles. The predicted molar refractivity (Wildman–Crippen MR) is 159 cm³/mol. The lowest BCUT2D eigenvalue weighted by Crippen LogP contribution is -2.17. The zero-order valence-corrected chi connectivity index (χ0v) is 24.2. The molecule has 0 radical (unpaired) electrons. The minimum absolute atomic E-state index is 0.00532. The molecule has 1 aliphatic rings. The van der Waals surface area contributed by atoms with Crippen LogP contribution < -0.4 is 4.74 Å². The van der Waals surface area contributed by atoms with Crippen LogP contribution in [-0.4, -0.2) is 28.1 Å². The molecule has 0 atom stereocenters. The number of aliphatic hydroxyl groups is 1. The molecule has 196 valence electrons. The van der Waals surface area contributed by atoms with Crippen LogP contribution in [0.1, 0.15) is 38.3 Å². The zero-order valence-electron chi connectivity index (χ0n) is 22.6. The maximum atomic E-state index is 13.7. The lowest BCUT2D eigenvalue weighted by atomic mass is 9.83. The van der Waals surface area contributed by atoms with Gasteiger partial charge in [-0.3, -0.25) is 0 Å². The van der Waals surface area contributed by atoms with E-state index in [1.54, 1.807) is 12.1 Å². The molecule has 1 amide bonds. The number of carbonyl (C=O) groups is 1. The first-order valence-electron chi connectivity index (χ1n) is 12.6. The van der Waals surface area contributed by atoms with Crippen molar-refractivity contribution in [3.63, 3.8) is 0 Å². The third-order valence-corrected chi connectivity index (χ3v) is 9.06. The molecule has 0 aromatic heterocycles. The highest BCUT2D eigenvalue weighted by Crippen LogP contribution is 2.42. The van der Waals surface area contributed by atoms with E-state index in [1.807, 2.05) is 81.4 Å². The van der Waals surface area contributed by atoms with Crippen LogP contribution in [0.25, 0.3) is 0 Å². The Labute approximate surface area is 234 Å². The van der Waals surface area contributed by atoms with Gasteiger partial charge in [-0.15, -0.1) is 0 Å². The maximum Gasteiger partial charge on any atom is 0.436 e. The summed E-state index contributed by atoms with van der Waals surface area (Å²) in [5, 5.41) is 11.3. The fourth-order valence-electron chi connectivity index (χ4n) is 3.70. The monoisotopic (exact) mass is 544 g/mol. The Bertz CT molecular complexity index is 1400. The molecule has 0 unspecified atom stereocenters. The summed E-state index contributed by atoms with van der Waals surface area (Å²) in [6, 6.07) is 23.4. The van der Waals surface area contributed by atoms with Crippen LogP contribution in [0.4, 0.5) is 5.69 Å². The first-order valence-corrected chi connectivity index (χ1v) is 14.2. The third kappa shape index (κ3) is 6.43. The molecule has 4 nitrogen and oxygen atoms in total. The van der Waals surface area contributed by atoms with Crippen LogP contribution in [0.5, 0.6) is 5.75 Å². The van der Waals surface area contributed by atoms with E-state index < -0.39 is 0 Å². The summed E-state index contributed by atoms with van der Waals surface area (Å²) in [6.45, 7) is 15.0. The van der Waals surface area contributed by atoms with Crippen molar-refractivity contribution in [3.8, 4) is 5.75 Å². The normalized spacial score (nSPS) is 13.9. The van der Waals surface area contributed by atoms with E-state index in [-0.39, 0.29) is 17.2 Å². The first kappa shape index (κ1) is 27.8. The van der Waals surface area contributed by atoms with Crippen LogP contribution in [0.2, 0.25) is 0 Å². The van der Waals surface area contributed by atoms with Gasteiger partial charge < -0.3 is 9.84 Å². The van der Waals surface area contributed by atoms with E-state index in [1.165, 1.54) is 28.1 Å². The van der Waals surface area contributed by atoms with Gasteiger partial charge in [0, 0.05) is 21.9 Å². The highest BCUT2D eigenvalue weighted by molar-refractivity contribution is 8.08. The van der Waals surface area contributed by atoms with Gasteiger partial charge in [0.2, 0.25) is 5.69 Å². The van der Waals surface area contributed by atoms with Gasteiger partial charge in [-0.2, -0.15) is 0 Å². The minimum atomic E-state index is -0.250. The second-order valence-electron chi connectivity index (χ2n) is 10.2. The molecule has 0 fully saturated rings. The number of nitrogens with zero attached hydrogens (tertiary/aromatic N) is 1. The van der Waals surface area contributed by atoms with Crippen LogP contribution >= 0.6 is 23.5 Å². The quantitative estimate of drug-likeness (QED) is 0.205. The van der Waals surface area contributed by atoms with E-state index in [4.69, 9.17) is 4.74 Å². The number of aliphatic hydroxyl groups excluding tert-OH is 1. The van der Waals surface area contributed by atoms with Crippen molar-refractivity contribution in [1.29, 1.82) is 0 Å². The highest BCUT2D eigenvalue weighted by atomic mass is 32.2. The molecule has 38 heavy (non-hydrogen) atoms. The summed E-state index contributed by atoms with van der Waals surface area (Å²) in [4.78, 5) is 16.6. The van der Waals surface area contributed by atoms with Crippen LogP contribution in [0, 0.1) is 19.3 Å². The largest absolute Gasteiger partial charge is 0.494 e. The van der Waals surface area contributed by atoms with E-state index >= 15 is 0 Å². The lowest BCUT2D eigenvalue weighted by Gasteiger charge is -2.24. The van der Waals surface area contributed by atoms with Crippen molar-refractivity contribution >= 4 is 41.0 Å². The Morgan fingerprint density at radius 1 is 0.868 bits per heavy atom. The van der Waals surface area contributed by atoms with Gasteiger partial charge >= 0.3 is 11.8 Å². The molecule has 1 heterocycles. The molecule has 1 N–H and O–H groups in total. The summed E-state index contributed by atoms with van der Waals surface area (Å²) in [5.74, 6) is 0.403. The first-order chi connectivity index (χ1) is 18.0. The maximum absolute atomic E-state index is 13.7. The van der Waals surface area contributed by atoms with Gasteiger partial charge in [0.05, 0.1) is 6.61 Å². The number of ether oxygens (including phenoxy) is 1. The fourth-order valence-corrected chi connectivity index (χ4v) is 5.69. The molecule has 1 aliphatic heterocycles. The van der Waals surface area contributed by atoms with Crippen molar-refractivity contribution in [3.05, 3.63) is 106 Å². The summed E-state index contributed by atoms with van der Waals surface area (Å²) in [7, 11) is 0. The van der Waals surface area contributed by atoms with Crippen molar-refractivity contribution < 1.29 is 19.2 Å². The summed E-state index contributed by atoms with van der Waals surface area (Å²) < 4.78 is 7.33. The molecule has 3 aromatic carbocycles. The second kappa shape index (κ2) is 11.7. The number of hydrogen-bond acceptors (Lipinski definition) is 4. The second-order valence-corrected chi connectivity index (χ2v) is 12.4. The Balaban J connectivity index is 1.59. The average molecular weight is 545 g/mol. The Hall–Kier alpha value is -3.22. The van der Waals surface area contributed by atoms with Crippen LogP contribution in [0.15, 0.2) is 105 Å². The van der Waals surface area contributed by atoms with E-state index in [2.05, 4.69) is 20.4 Å². The molecular formula is C32H34NO3S2+. The van der Waals surface area contributed by atoms with Crippen molar-refractivity contribution in [1.82, 2.24) is 0 Å². The standard InChI is InChI=1S/C32H33NO3S2/c1-21(2)32(5,6)19-20-36-25-13-11-24(12-14-25)33-30(34)28(37-26-15-7-22(3)8-16-26)29(31(33)35)38-27-17-9-23(4)10-18-27/h7-18H,1,19-20H2,2-6H3/p+1. The number of benzene rings is 3. The zero-order chi connectivity index (χ0) is 27.4. The van der Waals surface area contributed by atoms with E-state index in [0.29, 0.717) is 27.9 Å². The molecular weight excluding hydrogens is 510 g/mol. The SMILES string of the molecule is C=C(C)C(C)(C)CCOc1ccc([N+]2=C(O)C(Sc3ccc(C)cc3)=C(Sc3ccc(C)cc3)C2=O)cc1. The number of thioether (sulfide) groups is 2. The number of carbonyl (C=O) groups excluding carboxylic acids is 1. The average Bonchev–Trinajstić information content (AvgIpc) is 3.11. The number of amides is 1. The summed E-state index contributed by atoms with van der Waals surface area (Å²) >= 11 is 2.77. The Morgan fingerprint density at radius 2 is 1.37 bits per heavy atom. The van der Waals surface area contributed by atoms with Gasteiger partial charge in [-0.05, 0) is 69.0 Å². The van der Waals surface area contributed by atoms with E-state index in [0.717, 1.165) is 32.9 Å². The summed E-state index contributed by atoms with van der Waals surface area (Å²) in [5.41, 5.74) is 4.02. The molecule has 6 heteroatoms. The molecule has 0 bridgehead atoms. The Morgan fingerprint density at radius 3 is 1.87 bits per heavy atom. The topological polar surface area (TPSA) is 49.5 Å². The van der Waals surface area contributed by atoms with Gasteiger partial charge in [0.1, 0.15) is 10.7 Å². The number of rotatable bonds is 10. The van der Waals surface area contributed by atoms with Crippen molar-refractivity contribution in [2.45, 2.75) is 50.8 Å². The molecule has 0 aliphatic carbocycles. The smallest absolute Gasteiger partial charge is 0.436 e. The van der Waals surface area contributed by atoms with E-state index in [9.17, 15) is 9.90 Å². The molecule has 0 spiro atoms.